The Hall–Kier alpha value is -1.61. The molecule has 0 unspecified atom stereocenters. The van der Waals surface area contributed by atoms with Crippen molar-refractivity contribution in [2.24, 2.45) is 0 Å². The molecule has 3 heteroatoms. The summed E-state index contributed by atoms with van der Waals surface area (Å²) in [6, 6.07) is 4.53. The highest BCUT2D eigenvalue weighted by Gasteiger charge is 2.20. The lowest BCUT2D eigenvalue weighted by atomic mass is 10.0. The Bertz CT molecular complexity index is 669. The second kappa shape index (κ2) is 5.06. The van der Waals surface area contributed by atoms with Gasteiger partial charge in [0.1, 0.15) is 0 Å². The van der Waals surface area contributed by atoms with Crippen molar-refractivity contribution in [1.29, 1.82) is 0 Å². The molecule has 1 aromatic carbocycles. The molecule has 0 spiro atoms. The summed E-state index contributed by atoms with van der Waals surface area (Å²) in [6.45, 7) is 7.09. The lowest BCUT2D eigenvalue weighted by molar-refractivity contribution is 0.0989. The van der Waals surface area contributed by atoms with Gasteiger partial charge in [-0.15, -0.1) is 0 Å². The van der Waals surface area contributed by atoms with E-state index in [1.54, 1.807) is 0 Å². The molecule has 0 saturated carbocycles. The molecule has 3 nitrogen and oxygen atoms in total. The molecule has 0 fully saturated rings. The fourth-order valence-electron chi connectivity index (χ4n) is 3.20. The van der Waals surface area contributed by atoms with Crippen molar-refractivity contribution in [3.05, 3.63) is 35.0 Å². The number of ketones is 1. The van der Waals surface area contributed by atoms with Crippen LogP contribution in [0.4, 0.5) is 0 Å². The molecule has 3 rings (SSSR count). The molecule has 0 atom stereocenters. The number of carbonyl (C=O) groups excluding carboxylic acids is 1. The summed E-state index contributed by atoms with van der Waals surface area (Å²) in [5, 5.41) is 1.14. The highest BCUT2D eigenvalue weighted by Crippen LogP contribution is 2.31. The number of fused-ring (bicyclic) bond motifs is 2. The molecule has 0 N–H and O–H groups in total. The van der Waals surface area contributed by atoms with Gasteiger partial charge in [-0.2, -0.15) is 0 Å². The molecule has 20 heavy (non-hydrogen) atoms. The second-order valence-corrected chi connectivity index (χ2v) is 5.82. The summed E-state index contributed by atoms with van der Waals surface area (Å²) >= 11 is 0. The van der Waals surface area contributed by atoms with Gasteiger partial charge in [0.25, 0.3) is 0 Å². The minimum absolute atomic E-state index is 0.246. The molecule has 0 saturated heterocycles. The average molecular weight is 270 g/mol. The predicted molar refractivity (Wildman–Crippen MR) is 82.0 cm³/mol. The minimum atomic E-state index is 0.246. The SMILES string of the molecule is CCCn1cc(C(=O)CC)c2cc3c(cc21)CN(C)C3. The van der Waals surface area contributed by atoms with Gasteiger partial charge < -0.3 is 4.57 Å². The summed E-state index contributed by atoms with van der Waals surface area (Å²) in [5.74, 6) is 0.246. The molecular weight excluding hydrogens is 248 g/mol. The third kappa shape index (κ3) is 2.06. The van der Waals surface area contributed by atoms with Crippen LogP contribution in [0.15, 0.2) is 18.3 Å². The highest BCUT2D eigenvalue weighted by atomic mass is 16.1. The Kier molecular flexibility index (Phi) is 3.38. The maximum atomic E-state index is 12.2. The summed E-state index contributed by atoms with van der Waals surface area (Å²) in [5.41, 5.74) is 4.90. The van der Waals surface area contributed by atoms with Gasteiger partial charge in [0.05, 0.1) is 0 Å². The third-order valence-electron chi connectivity index (χ3n) is 4.17. The van der Waals surface area contributed by atoms with Gasteiger partial charge in [-0.1, -0.05) is 13.8 Å². The van der Waals surface area contributed by atoms with E-state index in [2.05, 4.69) is 41.8 Å². The molecule has 1 aliphatic rings. The van der Waals surface area contributed by atoms with E-state index in [1.807, 2.05) is 6.92 Å². The summed E-state index contributed by atoms with van der Waals surface area (Å²) in [4.78, 5) is 14.5. The predicted octanol–water partition coefficient (Wildman–Crippen LogP) is 3.59. The van der Waals surface area contributed by atoms with Crippen LogP contribution in [0.2, 0.25) is 0 Å². The molecule has 0 radical (unpaired) electrons. The van der Waals surface area contributed by atoms with Crippen molar-refractivity contribution < 1.29 is 4.79 Å². The minimum Gasteiger partial charge on any atom is -0.347 e. The molecule has 2 aromatic rings. The van der Waals surface area contributed by atoms with Crippen LogP contribution in [-0.2, 0) is 19.6 Å². The first-order chi connectivity index (χ1) is 9.63. The molecular formula is C17H22N2O. The Morgan fingerprint density at radius 3 is 2.55 bits per heavy atom. The van der Waals surface area contributed by atoms with Crippen LogP contribution in [0.3, 0.4) is 0 Å². The normalized spacial score (nSPS) is 14.9. The Morgan fingerprint density at radius 2 is 1.90 bits per heavy atom. The molecule has 2 heterocycles. The van der Waals surface area contributed by atoms with E-state index in [0.29, 0.717) is 6.42 Å². The lowest BCUT2D eigenvalue weighted by Crippen LogP contribution is -2.07. The summed E-state index contributed by atoms with van der Waals surface area (Å²) < 4.78 is 2.25. The van der Waals surface area contributed by atoms with Crippen molar-refractivity contribution in [3.8, 4) is 0 Å². The first kappa shape index (κ1) is 13.4. The van der Waals surface area contributed by atoms with Crippen molar-refractivity contribution in [2.75, 3.05) is 7.05 Å². The number of carbonyl (C=O) groups is 1. The number of benzene rings is 1. The first-order valence-corrected chi connectivity index (χ1v) is 7.50. The smallest absolute Gasteiger partial charge is 0.164 e. The molecule has 0 aliphatic carbocycles. The van der Waals surface area contributed by atoms with Crippen LogP contribution >= 0.6 is 0 Å². The van der Waals surface area contributed by atoms with E-state index >= 15 is 0 Å². The number of hydrogen-bond donors (Lipinski definition) is 0. The first-order valence-electron chi connectivity index (χ1n) is 7.50. The largest absolute Gasteiger partial charge is 0.347 e. The number of rotatable bonds is 4. The van der Waals surface area contributed by atoms with Crippen molar-refractivity contribution >= 4 is 16.7 Å². The standard InChI is InChI=1S/C17H22N2O/c1-4-6-19-11-15(17(20)5-2)14-7-12-9-18(3)10-13(12)8-16(14)19/h7-8,11H,4-6,9-10H2,1-3H3. The van der Waals surface area contributed by atoms with Crippen LogP contribution in [0, 0.1) is 0 Å². The quantitative estimate of drug-likeness (QED) is 0.793. The highest BCUT2D eigenvalue weighted by molar-refractivity contribution is 6.08. The summed E-state index contributed by atoms with van der Waals surface area (Å²) in [7, 11) is 2.14. The fourth-order valence-corrected chi connectivity index (χ4v) is 3.20. The van der Waals surface area contributed by atoms with Crippen molar-refractivity contribution in [1.82, 2.24) is 9.47 Å². The van der Waals surface area contributed by atoms with Crippen LogP contribution in [0.25, 0.3) is 10.9 Å². The van der Waals surface area contributed by atoms with Gasteiger partial charge >= 0.3 is 0 Å². The molecule has 106 valence electrons. The molecule has 1 aliphatic heterocycles. The van der Waals surface area contributed by atoms with Crippen LogP contribution in [0.5, 0.6) is 0 Å². The lowest BCUT2D eigenvalue weighted by Gasteiger charge is -2.04. The number of hydrogen-bond acceptors (Lipinski definition) is 2. The van der Waals surface area contributed by atoms with Gasteiger partial charge in [0.15, 0.2) is 5.78 Å². The maximum absolute atomic E-state index is 12.2. The number of Topliss-reactive ketones (excluding diaryl/α,β-unsaturated/α-hetero) is 1. The fraction of sp³-hybridized carbons (Fsp3) is 0.471. The van der Waals surface area contributed by atoms with E-state index in [1.165, 1.54) is 16.6 Å². The Morgan fingerprint density at radius 1 is 1.20 bits per heavy atom. The third-order valence-corrected chi connectivity index (χ3v) is 4.17. The van der Waals surface area contributed by atoms with Crippen LogP contribution in [-0.4, -0.2) is 22.3 Å². The molecule has 0 amide bonds. The zero-order chi connectivity index (χ0) is 14.3. The number of aromatic nitrogens is 1. The van der Waals surface area contributed by atoms with Gasteiger partial charge in [0.2, 0.25) is 0 Å². The van der Waals surface area contributed by atoms with Gasteiger partial charge in [-0.25, -0.2) is 0 Å². The van der Waals surface area contributed by atoms with Gasteiger partial charge in [-0.3, -0.25) is 9.69 Å². The van der Waals surface area contributed by atoms with Crippen molar-refractivity contribution in [2.45, 2.75) is 46.3 Å². The zero-order valence-electron chi connectivity index (χ0n) is 12.6. The van der Waals surface area contributed by atoms with E-state index < -0.39 is 0 Å². The van der Waals surface area contributed by atoms with Crippen molar-refractivity contribution in [3.63, 3.8) is 0 Å². The van der Waals surface area contributed by atoms with Gasteiger partial charge in [-0.05, 0) is 36.7 Å². The van der Waals surface area contributed by atoms with E-state index in [9.17, 15) is 4.79 Å². The Balaban J connectivity index is 2.21. The zero-order valence-corrected chi connectivity index (χ0v) is 12.6. The summed E-state index contributed by atoms with van der Waals surface area (Å²) in [6.07, 6.45) is 3.71. The monoisotopic (exact) mass is 270 g/mol. The molecule has 0 bridgehead atoms. The average Bonchev–Trinajstić information content (AvgIpc) is 2.95. The van der Waals surface area contributed by atoms with E-state index in [0.717, 1.165) is 37.0 Å². The number of aryl methyl sites for hydroxylation is 1. The van der Waals surface area contributed by atoms with Crippen LogP contribution in [0.1, 0.15) is 48.2 Å². The second-order valence-electron chi connectivity index (χ2n) is 5.82. The Labute approximate surface area is 120 Å². The maximum Gasteiger partial charge on any atom is 0.164 e. The van der Waals surface area contributed by atoms with Gasteiger partial charge in [0, 0.05) is 48.7 Å². The molecule has 1 aromatic heterocycles. The van der Waals surface area contributed by atoms with E-state index in [4.69, 9.17) is 0 Å². The number of nitrogens with zero attached hydrogens (tertiary/aromatic N) is 2. The van der Waals surface area contributed by atoms with Crippen LogP contribution < -0.4 is 0 Å². The van der Waals surface area contributed by atoms with E-state index in [-0.39, 0.29) is 5.78 Å². The topological polar surface area (TPSA) is 25.2 Å².